The number of nitrogens with one attached hydrogen (secondary N) is 1. The van der Waals surface area contributed by atoms with E-state index in [0.717, 1.165) is 41.1 Å². The van der Waals surface area contributed by atoms with Gasteiger partial charge in [0, 0.05) is 17.9 Å². The van der Waals surface area contributed by atoms with Crippen LogP contribution in [0.1, 0.15) is 55.5 Å². The average molecular weight is 416 g/mol. The molecule has 3 aromatic rings. The molecule has 160 valence electrons. The van der Waals surface area contributed by atoms with Gasteiger partial charge in [-0.25, -0.2) is 4.79 Å². The van der Waals surface area contributed by atoms with Crippen LogP contribution in [0, 0.1) is 0 Å². The van der Waals surface area contributed by atoms with Crippen molar-refractivity contribution in [1.82, 2.24) is 14.8 Å². The van der Waals surface area contributed by atoms with E-state index in [4.69, 9.17) is 4.74 Å². The minimum Gasteiger partial charge on any atom is -0.494 e. The number of ether oxygens (including phenoxy) is 1. The van der Waals surface area contributed by atoms with E-state index in [2.05, 4.69) is 58.5 Å². The summed E-state index contributed by atoms with van der Waals surface area (Å²) in [7, 11) is 0. The maximum absolute atomic E-state index is 13.6. The molecule has 2 aliphatic rings. The van der Waals surface area contributed by atoms with Crippen molar-refractivity contribution >= 4 is 6.03 Å². The SMILES string of the molecule is CCOc1ccc([C@H]2c3cccn3-c3ccccc3CN2C(=O)NC2CCCC2)cc1. The van der Waals surface area contributed by atoms with Crippen LogP contribution < -0.4 is 10.1 Å². The number of fused-ring (bicyclic) bond motifs is 3. The topological polar surface area (TPSA) is 46.5 Å². The van der Waals surface area contributed by atoms with Gasteiger partial charge in [0.05, 0.1) is 24.9 Å². The number of amides is 2. The summed E-state index contributed by atoms with van der Waals surface area (Å²) >= 11 is 0. The zero-order chi connectivity index (χ0) is 21.2. The average Bonchev–Trinajstić information content (AvgIpc) is 3.45. The molecule has 0 bridgehead atoms. The molecule has 0 unspecified atom stereocenters. The van der Waals surface area contributed by atoms with Crippen molar-refractivity contribution < 1.29 is 9.53 Å². The van der Waals surface area contributed by atoms with E-state index in [1.807, 2.05) is 30.0 Å². The van der Waals surface area contributed by atoms with E-state index in [0.29, 0.717) is 13.2 Å². The highest BCUT2D eigenvalue weighted by Gasteiger charge is 2.34. The molecule has 2 amide bonds. The summed E-state index contributed by atoms with van der Waals surface area (Å²) in [4.78, 5) is 15.6. The van der Waals surface area contributed by atoms with Gasteiger partial charge >= 0.3 is 6.03 Å². The van der Waals surface area contributed by atoms with Gasteiger partial charge in [-0.3, -0.25) is 0 Å². The Morgan fingerprint density at radius 3 is 2.58 bits per heavy atom. The molecule has 1 fully saturated rings. The summed E-state index contributed by atoms with van der Waals surface area (Å²) in [5, 5.41) is 3.31. The van der Waals surface area contributed by atoms with Gasteiger partial charge in [-0.15, -0.1) is 0 Å². The second-order valence-electron chi connectivity index (χ2n) is 8.40. The first-order chi connectivity index (χ1) is 15.2. The lowest BCUT2D eigenvalue weighted by Gasteiger charge is -2.32. The third-order valence-corrected chi connectivity index (χ3v) is 6.41. The fourth-order valence-electron chi connectivity index (χ4n) is 4.93. The lowest BCUT2D eigenvalue weighted by atomic mass is 10.0. The molecule has 5 heteroatoms. The van der Waals surface area contributed by atoms with Gasteiger partial charge in [-0.1, -0.05) is 43.2 Å². The lowest BCUT2D eigenvalue weighted by Crippen LogP contribution is -2.45. The van der Waals surface area contributed by atoms with Gasteiger partial charge in [0.2, 0.25) is 0 Å². The number of carbonyl (C=O) groups excluding carboxylic acids is 1. The molecular formula is C26H29N3O2. The molecule has 1 aromatic heterocycles. The van der Waals surface area contributed by atoms with Gasteiger partial charge in [-0.2, -0.15) is 0 Å². The summed E-state index contributed by atoms with van der Waals surface area (Å²) < 4.78 is 7.86. The molecular weight excluding hydrogens is 386 g/mol. The van der Waals surface area contributed by atoms with Crippen molar-refractivity contribution in [3.05, 3.63) is 83.7 Å². The first-order valence-electron chi connectivity index (χ1n) is 11.3. The number of urea groups is 1. The number of hydrogen-bond acceptors (Lipinski definition) is 2. The number of rotatable bonds is 4. The summed E-state index contributed by atoms with van der Waals surface area (Å²) in [6.07, 6.45) is 6.62. The second kappa shape index (κ2) is 8.50. The van der Waals surface area contributed by atoms with Crippen molar-refractivity contribution in [3.8, 4) is 11.4 Å². The van der Waals surface area contributed by atoms with Gasteiger partial charge in [-0.05, 0) is 61.2 Å². The first-order valence-corrected chi connectivity index (χ1v) is 11.3. The number of para-hydroxylation sites is 1. The third-order valence-electron chi connectivity index (χ3n) is 6.41. The number of benzene rings is 2. The number of carbonyl (C=O) groups is 1. The Bertz CT molecular complexity index is 1050. The van der Waals surface area contributed by atoms with Crippen LogP contribution in [-0.4, -0.2) is 28.1 Å². The Kier molecular flexibility index (Phi) is 5.41. The molecule has 1 aliphatic carbocycles. The van der Waals surface area contributed by atoms with Crippen molar-refractivity contribution in [1.29, 1.82) is 0 Å². The summed E-state index contributed by atoms with van der Waals surface area (Å²) in [5.41, 5.74) is 4.46. The molecule has 0 radical (unpaired) electrons. The number of nitrogens with zero attached hydrogens (tertiary/aromatic N) is 2. The number of aromatic nitrogens is 1. The van der Waals surface area contributed by atoms with Crippen molar-refractivity contribution in [2.24, 2.45) is 0 Å². The molecule has 2 heterocycles. The quantitative estimate of drug-likeness (QED) is 0.617. The van der Waals surface area contributed by atoms with Crippen molar-refractivity contribution in [2.45, 2.75) is 51.2 Å². The Morgan fingerprint density at radius 2 is 1.81 bits per heavy atom. The van der Waals surface area contributed by atoms with Crippen LogP contribution in [-0.2, 0) is 6.54 Å². The standard InChI is InChI=1S/C26H29N3O2/c1-2-31-22-15-13-19(14-16-22)25-24-12-7-17-28(24)23-11-6-3-8-20(23)18-29(25)26(30)27-21-9-4-5-10-21/h3,6-8,11-17,21,25H,2,4-5,9-10,18H2,1H3,(H,27,30)/t25-/m0/s1. The molecule has 0 spiro atoms. The maximum atomic E-state index is 13.6. The molecule has 5 rings (SSSR count). The van der Waals surface area contributed by atoms with Crippen LogP contribution in [0.4, 0.5) is 4.79 Å². The summed E-state index contributed by atoms with van der Waals surface area (Å²) in [6.45, 7) is 3.18. The molecule has 2 aromatic carbocycles. The monoisotopic (exact) mass is 415 g/mol. The van der Waals surface area contributed by atoms with Gasteiger partial charge in [0.15, 0.2) is 0 Å². The fraction of sp³-hybridized carbons (Fsp3) is 0.346. The van der Waals surface area contributed by atoms with Crippen LogP contribution in [0.25, 0.3) is 5.69 Å². The lowest BCUT2D eigenvalue weighted by molar-refractivity contribution is 0.176. The van der Waals surface area contributed by atoms with Crippen LogP contribution in [0.5, 0.6) is 5.75 Å². The van der Waals surface area contributed by atoms with Gasteiger partial charge in [0.1, 0.15) is 5.75 Å². The zero-order valence-electron chi connectivity index (χ0n) is 18.0. The molecule has 5 nitrogen and oxygen atoms in total. The maximum Gasteiger partial charge on any atom is 0.318 e. The number of hydrogen-bond donors (Lipinski definition) is 1. The molecule has 0 saturated heterocycles. The van der Waals surface area contributed by atoms with Gasteiger partial charge in [0.25, 0.3) is 0 Å². The highest BCUT2D eigenvalue weighted by atomic mass is 16.5. The predicted molar refractivity (Wildman–Crippen MR) is 122 cm³/mol. The summed E-state index contributed by atoms with van der Waals surface area (Å²) in [6, 6.07) is 20.8. The molecule has 1 atom stereocenters. The Balaban J connectivity index is 1.58. The van der Waals surface area contributed by atoms with Crippen LogP contribution >= 0.6 is 0 Å². The van der Waals surface area contributed by atoms with Crippen LogP contribution in [0.15, 0.2) is 66.9 Å². The predicted octanol–water partition coefficient (Wildman–Crippen LogP) is 5.43. The van der Waals surface area contributed by atoms with E-state index in [1.54, 1.807) is 0 Å². The molecule has 1 saturated carbocycles. The first kappa shape index (κ1) is 19.7. The molecule has 1 N–H and O–H groups in total. The van der Waals surface area contributed by atoms with E-state index in [9.17, 15) is 4.79 Å². The largest absolute Gasteiger partial charge is 0.494 e. The summed E-state index contributed by atoms with van der Waals surface area (Å²) in [5.74, 6) is 0.848. The van der Waals surface area contributed by atoms with Crippen LogP contribution in [0.2, 0.25) is 0 Å². The zero-order valence-corrected chi connectivity index (χ0v) is 18.0. The van der Waals surface area contributed by atoms with Crippen LogP contribution in [0.3, 0.4) is 0 Å². The molecule has 31 heavy (non-hydrogen) atoms. The third kappa shape index (κ3) is 3.80. The van der Waals surface area contributed by atoms with Crippen molar-refractivity contribution in [3.63, 3.8) is 0 Å². The highest BCUT2D eigenvalue weighted by Crippen LogP contribution is 2.37. The second-order valence-corrected chi connectivity index (χ2v) is 8.40. The van der Waals surface area contributed by atoms with E-state index in [1.165, 1.54) is 12.8 Å². The van der Waals surface area contributed by atoms with Crippen molar-refractivity contribution in [2.75, 3.05) is 6.61 Å². The molecule has 1 aliphatic heterocycles. The minimum absolute atomic E-state index is 0.00948. The minimum atomic E-state index is -0.181. The Hall–Kier alpha value is -3.21. The normalized spacial score (nSPS) is 18.2. The highest BCUT2D eigenvalue weighted by molar-refractivity contribution is 5.76. The fourth-order valence-corrected chi connectivity index (χ4v) is 4.93. The Labute approximate surface area is 183 Å². The Morgan fingerprint density at radius 1 is 1.03 bits per heavy atom. The van der Waals surface area contributed by atoms with E-state index >= 15 is 0 Å². The van der Waals surface area contributed by atoms with Gasteiger partial charge < -0.3 is 19.5 Å². The van der Waals surface area contributed by atoms with E-state index < -0.39 is 0 Å². The smallest absolute Gasteiger partial charge is 0.318 e. The van der Waals surface area contributed by atoms with E-state index in [-0.39, 0.29) is 18.1 Å².